The Kier molecular flexibility index (Phi) is 4.88. The quantitative estimate of drug-likeness (QED) is 0.327. The first kappa shape index (κ1) is 19.2. The van der Waals surface area contributed by atoms with E-state index in [1.54, 1.807) is 7.11 Å². The molecule has 0 spiro atoms. The molecule has 1 heterocycles. The topological polar surface area (TPSA) is 39.4 Å². The van der Waals surface area contributed by atoms with Crippen molar-refractivity contribution in [1.29, 1.82) is 0 Å². The van der Waals surface area contributed by atoms with E-state index in [0.717, 1.165) is 33.0 Å². The van der Waals surface area contributed by atoms with Crippen LogP contribution in [0.2, 0.25) is 19.6 Å². The van der Waals surface area contributed by atoms with Crippen molar-refractivity contribution in [3.63, 3.8) is 0 Å². The zero-order valence-electron chi connectivity index (χ0n) is 17.2. The van der Waals surface area contributed by atoms with Crippen LogP contribution in [0.4, 0.5) is 0 Å². The van der Waals surface area contributed by atoms with E-state index in [-0.39, 0.29) is 5.63 Å². The number of hydrogen-bond acceptors (Lipinski definition) is 3. The maximum atomic E-state index is 13.3. The Balaban J connectivity index is 2.15. The third-order valence-electron chi connectivity index (χ3n) is 5.18. The van der Waals surface area contributed by atoms with Crippen LogP contribution in [0, 0.1) is 0 Å². The molecule has 0 saturated carbocycles. The van der Waals surface area contributed by atoms with Gasteiger partial charge < -0.3 is 9.15 Å². The van der Waals surface area contributed by atoms with Crippen molar-refractivity contribution in [2.75, 3.05) is 7.11 Å². The second kappa shape index (κ2) is 7.37. The fourth-order valence-electron chi connectivity index (χ4n) is 3.74. The van der Waals surface area contributed by atoms with Gasteiger partial charge in [0.25, 0.3) is 0 Å². The summed E-state index contributed by atoms with van der Waals surface area (Å²) in [6.07, 6.45) is 0. The number of fused-ring (bicyclic) bond motifs is 1. The summed E-state index contributed by atoms with van der Waals surface area (Å²) in [4.78, 5) is 13.3. The Morgan fingerprint density at radius 1 is 0.759 bits per heavy atom. The second-order valence-corrected chi connectivity index (χ2v) is 13.2. The third kappa shape index (κ3) is 3.52. The summed E-state index contributed by atoms with van der Waals surface area (Å²) >= 11 is 0. The van der Waals surface area contributed by atoms with Gasteiger partial charge in [0, 0.05) is 10.9 Å². The minimum Gasteiger partial charge on any atom is -0.497 e. The molecule has 3 aromatic carbocycles. The first-order valence-electron chi connectivity index (χ1n) is 9.70. The molecule has 0 radical (unpaired) electrons. The normalized spacial score (nSPS) is 11.6. The SMILES string of the molecule is COc1ccc(-c2c(-c3ccccc3)c(=O)oc3c([Si](C)(C)C)cccc23)cc1. The predicted molar refractivity (Wildman–Crippen MR) is 123 cm³/mol. The fourth-order valence-corrected chi connectivity index (χ4v) is 5.20. The van der Waals surface area contributed by atoms with Crippen molar-refractivity contribution in [2.24, 2.45) is 0 Å². The molecule has 0 N–H and O–H groups in total. The lowest BCUT2D eigenvalue weighted by Crippen LogP contribution is -2.38. The van der Waals surface area contributed by atoms with Crippen molar-refractivity contribution in [1.82, 2.24) is 0 Å². The van der Waals surface area contributed by atoms with Gasteiger partial charge >= 0.3 is 5.63 Å². The highest BCUT2D eigenvalue weighted by atomic mass is 28.3. The van der Waals surface area contributed by atoms with Gasteiger partial charge in [-0.05, 0) is 28.4 Å². The molecule has 0 aliphatic carbocycles. The standard InChI is InChI=1S/C25H24O3Si/c1-27-19-15-13-18(14-16-19)22-20-11-8-12-21(29(2,3)4)24(20)28-25(26)23(22)17-9-6-5-7-10-17/h5-16H,1-4H3. The highest BCUT2D eigenvalue weighted by molar-refractivity contribution is 6.90. The van der Waals surface area contributed by atoms with Crippen LogP contribution in [0.3, 0.4) is 0 Å². The summed E-state index contributed by atoms with van der Waals surface area (Å²) < 4.78 is 11.3. The van der Waals surface area contributed by atoms with Gasteiger partial charge in [-0.15, -0.1) is 0 Å². The monoisotopic (exact) mass is 400 g/mol. The molecule has 3 nitrogen and oxygen atoms in total. The molecule has 0 saturated heterocycles. The van der Waals surface area contributed by atoms with E-state index >= 15 is 0 Å². The van der Waals surface area contributed by atoms with Crippen molar-refractivity contribution in [3.05, 3.63) is 83.2 Å². The van der Waals surface area contributed by atoms with E-state index in [4.69, 9.17) is 9.15 Å². The molecule has 0 fully saturated rings. The second-order valence-electron chi connectivity index (χ2n) is 8.17. The Hall–Kier alpha value is -3.11. The molecule has 0 bridgehead atoms. The van der Waals surface area contributed by atoms with E-state index in [2.05, 4.69) is 31.8 Å². The molecule has 4 aromatic rings. The van der Waals surface area contributed by atoms with Gasteiger partial charge in [-0.2, -0.15) is 0 Å². The van der Waals surface area contributed by atoms with E-state index in [9.17, 15) is 4.79 Å². The zero-order valence-corrected chi connectivity index (χ0v) is 18.2. The van der Waals surface area contributed by atoms with Gasteiger partial charge in [0.1, 0.15) is 11.3 Å². The van der Waals surface area contributed by atoms with Gasteiger partial charge in [0.05, 0.1) is 20.7 Å². The minimum atomic E-state index is -1.71. The molecule has 0 unspecified atom stereocenters. The molecule has 0 aliphatic heterocycles. The van der Waals surface area contributed by atoms with Crippen LogP contribution in [-0.4, -0.2) is 15.2 Å². The summed E-state index contributed by atoms with van der Waals surface area (Å²) in [5, 5.41) is 2.12. The van der Waals surface area contributed by atoms with Crippen molar-refractivity contribution in [2.45, 2.75) is 19.6 Å². The van der Waals surface area contributed by atoms with Crippen molar-refractivity contribution < 1.29 is 9.15 Å². The smallest absolute Gasteiger partial charge is 0.344 e. The fraction of sp³-hybridized carbons (Fsp3) is 0.160. The molecule has 146 valence electrons. The number of hydrogen-bond donors (Lipinski definition) is 0. The zero-order chi connectivity index (χ0) is 20.6. The minimum absolute atomic E-state index is 0.305. The van der Waals surface area contributed by atoms with Gasteiger partial charge in [-0.25, -0.2) is 4.79 Å². The molecular weight excluding hydrogens is 376 g/mol. The lowest BCUT2D eigenvalue weighted by atomic mass is 9.93. The Bertz CT molecular complexity index is 1220. The highest BCUT2D eigenvalue weighted by Gasteiger charge is 2.25. The highest BCUT2D eigenvalue weighted by Crippen LogP contribution is 2.36. The Morgan fingerprint density at radius 2 is 1.41 bits per heavy atom. The Labute approximate surface area is 171 Å². The average Bonchev–Trinajstić information content (AvgIpc) is 2.72. The molecule has 1 aromatic heterocycles. The lowest BCUT2D eigenvalue weighted by Gasteiger charge is -2.20. The molecule has 0 atom stereocenters. The summed E-state index contributed by atoms with van der Waals surface area (Å²) in [5.41, 5.74) is 3.73. The largest absolute Gasteiger partial charge is 0.497 e. The van der Waals surface area contributed by atoms with Crippen LogP contribution in [0.5, 0.6) is 5.75 Å². The summed E-state index contributed by atoms with van der Waals surface area (Å²) in [5.74, 6) is 0.782. The van der Waals surface area contributed by atoms with Crippen molar-refractivity contribution in [3.8, 4) is 28.0 Å². The van der Waals surface area contributed by atoms with Crippen LogP contribution < -0.4 is 15.5 Å². The third-order valence-corrected chi connectivity index (χ3v) is 7.19. The van der Waals surface area contributed by atoms with Gasteiger partial charge in [0.15, 0.2) is 0 Å². The summed E-state index contributed by atoms with van der Waals surface area (Å²) in [6, 6.07) is 23.8. The van der Waals surface area contributed by atoms with Gasteiger partial charge in [-0.1, -0.05) is 80.3 Å². The average molecular weight is 401 g/mol. The van der Waals surface area contributed by atoms with Crippen molar-refractivity contribution >= 4 is 24.2 Å². The number of methoxy groups -OCH3 is 1. The first-order valence-corrected chi connectivity index (χ1v) is 13.2. The lowest BCUT2D eigenvalue weighted by molar-refractivity contribution is 0.415. The molecule has 0 aliphatic rings. The number of para-hydroxylation sites is 1. The predicted octanol–water partition coefficient (Wildman–Crippen LogP) is 5.68. The maximum absolute atomic E-state index is 13.3. The summed E-state index contributed by atoms with van der Waals surface area (Å²) in [6.45, 7) is 6.79. The number of ether oxygens (including phenoxy) is 1. The van der Waals surface area contributed by atoms with E-state index in [1.165, 1.54) is 0 Å². The number of rotatable bonds is 4. The molecule has 29 heavy (non-hydrogen) atoms. The van der Waals surface area contributed by atoms with Gasteiger partial charge in [0.2, 0.25) is 0 Å². The van der Waals surface area contributed by atoms with Crippen LogP contribution in [-0.2, 0) is 0 Å². The molecular formula is C25H24O3Si. The number of benzene rings is 3. The maximum Gasteiger partial charge on any atom is 0.344 e. The molecule has 4 rings (SSSR count). The van der Waals surface area contributed by atoms with Crippen LogP contribution in [0.15, 0.2) is 82.0 Å². The first-order chi connectivity index (χ1) is 13.9. The molecule has 4 heteroatoms. The van der Waals surface area contributed by atoms with Crippen LogP contribution in [0.1, 0.15) is 0 Å². The van der Waals surface area contributed by atoms with Crippen LogP contribution >= 0.6 is 0 Å². The van der Waals surface area contributed by atoms with E-state index in [1.807, 2.05) is 60.7 Å². The van der Waals surface area contributed by atoms with E-state index < -0.39 is 8.07 Å². The van der Waals surface area contributed by atoms with Crippen LogP contribution in [0.25, 0.3) is 33.2 Å². The molecule has 0 amide bonds. The Morgan fingerprint density at radius 3 is 2.03 bits per heavy atom. The van der Waals surface area contributed by atoms with Gasteiger partial charge in [-0.3, -0.25) is 0 Å². The van der Waals surface area contributed by atoms with E-state index in [0.29, 0.717) is 11.1 Å². The summed E-state index contributed by atoms with van der Waals surface area (Å²) in [7, 11) is -0.0586.